The number of hydrogen-bond donors (Lipinski definition) is 4. The van der Waals surface area contributed by atoms with Gasteiger partial charge >= 0.3 is 36.8 Å². The highest BCUT2D eigenvalue weighted by Crippen LogP contribution is 2.66. The highest BCUT2D eigenvalue weighted by molar-refractivity contribution is 8.08. The molecule has 4 N–H and O–H groups in total. The summed E-state index contributed by atoms with van der Waals surface area (Å²) in [6, 6.07) is -0.393. The summed E-state index contributed by atoms with van der Waals surface area (Å²) < 4.78 is 57.8. The van der Waals surface area contributed by atoms with E-state index in [-0.39, 0.29) is 6.42 Å². The van der Waals surface area contributed by atoms with Crippen molar-refractivity contribution in [2.24, 2.45) is 0 Å². The van der Waals surface area contributed by atoms with Crippen molar-refractivity contribution in [3.63, 3.8) is 0 Å². The predicted octanol–water partition coefficient (Wildman–Crippen LogP) is -1.63. The lowest BCUT2D eigenvalue weighted by molar-refractivity contribution is -0.00321. The van der Waals surface area contributed by atoms with Crippen molar-refractivity contribution in [2.75, 3.05) is 6.61 Å². The zero-order chi connectivity index (χ0) is 20.2. The summed E-state index contributed by atoms with van der Waals surface area (Å²) in [6.07, 6.45) is -1.67. The van der Waals surface area contributed by atoms with E-state index < -0.39 is 67.5 Å². The second-order valence-corrected chi connectivity index (χ2v) is 11.4. The predicted molar refractivity (Wildman–Crippen MR) is 94.0 cm³/mol. The van der Waals surface area contributed by atoms with Gasteiger partial charge in [-0.2, -0.15) is 0 Å². The van der Waals surface area contributed by atoms with Crippen LogP contribution in [0.3, 0.4) is 0 Å². The van der Waals surface area contributed by atoms with Crippen LogP contribution in [0, 0.1) is 0 Å². The first-order chi connectivity index (χ1) is 11.8. The zero-order valence-electron chi connectivity index (χ0n) is 13.2. The average Bonchev–Trinajstić information content (AvgIpc) is 2.82. The van der Waals surface area contributed by atoms with Gasteiger partial charge in [0.15, 0.2) is 0 Å². The molecule has 6 atom stereocenters. The number of phosphoric acid groups is 1. The Morgan fingerprint density at radius 1 is 1.35 bits per heavy atom. The van der Waals surface area contributed by atoms with E-state index in [9.17, 15) is 28.0 Å². The summed E-state index contributed by atoms with van der Waals surface area (Å²) in [5, 5.41) is 8.53. The van der Waals surface area contributed by atoms with Crippen LogP contribution in [-0.4, -0.2) is 73.0 Å². The Kier molecular flexibility index (Phi) is 9.14. The van der Waals surface area contributed by atoms with Crippen molar-refractivity contribution >= 4 is 62.3 Å². The Labute approximate surface area is 154 Å². The maximum Gasteiger partial charge on any atom is 0.486 e. The van der Waals surface area contributed by atoms with Crippen LogP contribution in [0.15, 0.2) is 0 Å². The van der Waals surface area contributed by atoms with Crippen molar-refractivity contribution in [3.8, 4) is 0 Å². The lowest BCUT2D eigenvalue weighted by Crippen LogP contribution is -2.31. The van der Waals surface area contributed by atoms with E-state index in [1.807, 2.05) is 0 Å². The van der Waals surface area contributed by atoms with Crippen LogP contribution in [0.25, 0.3) is 0 Å². The molecular formula is C6H15B3FO12P3S. The Morgan fingerprint density at radius 3 is 2.50 bits per heavy atom. The molecule has 0 aromatic carbocycles. The first-order valence-electron chi connectivity index (χ1n) is 6.85. The summed E-state index contributed by atoms with van der Waals surface area (Å²) in [6.45, 7) is -5.02. The maximum atomic E-state index is 12.2. The Morgan fingerprint density at radius 2 is 1.96 bits per heavy atom. The molecule has 148 valence electrons. The van der Waals surface area contributed by atoms with Crippen LogP contribution in [0.5, 0.6) is 0 Å². The molecule has 1 heterocycles. The van der Waals surface area contributed by atoms with Crippen LogP contribution in [0.1, 0.15) is 6.42 Å². The molecule has 1 aliphatic heterocycles. The molecule has 12 nitrogen and oxygen atoms in total. The lowest BCUT2D eigenvalue weighted by Gasteiger charge is -2.23. The number of carbonyl (C=O) groups excluding carboxylic acids is 1. The van der Waals surface area contributed by atoms with Gasteiger partial charge in [-0.3, -0.25) is 9.36 Å². The van der Waals surface area contributed by atoms with Gasteiger partial charge in [-0.1, -0.05) is 0 Å². The van der Waals surface area contributed by atoms with Crippen molar-refractivity contribution in [2.45, 2.75) is 24.6 Å². The minimum Gasteiger partial charge on any atom is -0.465 e. The third-order valence-electron chi connectivity index (χ3n) is 2.80. The fourth-order valence-electron chi connectivity index (χ4n) is 1.92. The van der Waals surface area contributed by atoms with E-state index in [0.717, 1.165) is 0 Å². The topological polar surface area (TPSA) is 178 Å². The molecule has 1 rings (SSSR count). The molecule has 0 bridgehead atoms. The molecule has 0 radical (unpaired) electrons. The minimum absolute atomic E-state index is 0.209. The van der Waals surface area contributed by atoms with Crippen molar-refractivity contribution in [1.29, 1.82) is 0 Å². The normalized spacial score (nSPS) is 29.8. The van der Waals surface area contributed by atoms with Gasteiger partial charge < -0.3 is 38.0 Å². The van der Waals surface area contributed by atoms with Crippen molar-refractivity contribution < 1.29 is 60.6 Å². The fraction of sp³-hybridized carbons (Fsp3) is 0.833. The maximum absolute atomic E-state index is 12.2. The van der Waals surface area contributed by atoms with Crippen LogP contribution in [0.4, 0.5) is 9.11 Å². The van der Waals surface area contributed by atoms with Crippen LogP contribution in [0.2, 0.25) is 0 Å². The van der Waals surface area contributed by atoms with E-state index in [2.05, 4.69) is 20.4 Å². The molecule has 0 saturated carbocycles. The minimum atomic E-state index is -5.35. The standard InChI is InChI=1S/C6H15B3FO12P3S/c7-5-1-3(20-6(11)8-10)4(19-5)2-18-25(17,26)22-24(15,16)21-23(13,14)9-12/h3-5,8-9,12H,1-2,7H2,(H,13,14)(H,15,16)(H,17,26). The average molecular weight is 456 g/mol. The number of ether oxygens (including phenoxy) is 2. The molecule has 6 unspecified atom stereocenters. The highest BCUT2D eigenvalue weighted by Gasteiger charge is 2.41. The molecule has 0 aliphatic carbocycles. The van der Waals surface area contributed by atoms with Gasteiger partial charge in [0.2, 0.25) is 0 Å². The first-order valence-corrected chi connectivity index (χ1v) is 12.7. The highest BCUT2D eigenvalue weighted by atomic mass is 32.5. The van der Waals surface area contributed by atoms with E-state index in [0.29, 0.717) is 0 Å². The Bertz CT molecular complexity index is 654. The monoisotopic (exact) mass is 456 g/mol. The fourth-order valence-corrected chi connectivity index (χ4v) is 6.31. The van der Waals surface area contributed by atoms with Gasteiger partial charge in [0.25, 0.3) is 5.87 Å². The molecule has 20 heteroatoms. The van der Waals surface area contributed by atoms with Gasteiger partial charge in [-0.05, 0) is 11.8 Å². The molecule has 1 fully saturated rings. The van der Waals surface area contributed by atoms with E-state index in [4.69, 9.17) is 23.9 Å². The lowest BCUT2D eigenvalue weighted by atomic mass is 9.96. The molecule has 0 amide bonds. The third kappa shape index (κ3) is 8.60. The van der Waals surface area contributed by atoms with Crippen LogP contribution >= 0.6 is 22.0 Å². The summed E-state index contributed by atoms with van der Waals surface area (Å²) in [5.74, 6) is -1.13. The smallest absolute Gasteiger partial charge is 0.465 e. The first kappa shape index (κ1) is 24.4. The zero-order valence-corrected chi connectivity index (χ0v) is 16.7. The van der Waals surface area contributed by atoms with Crippen LogP contribution in [-0.2, 0) is 43.6 Å². The summed E-state index contributed by atoms with van der Waals surface area (Å²) >= 11 is 4.48. The molecule has 1 saturated heterocycles. The van der Waals surface area contributed by atoms with Gasteiger partial charge in [0.05, 0.1) is 6.61 Å². The van der Waals surface area contributed by atoms with Crippen molar-refractivity contribution in [1.82, 2.24) is 0 Å². The number of hydrogen-bond acceptors (Lipinski definition) is 10. The SMILES string of the molecule is BC1CC(OC(=O)BF)C(COP(O)(=S)OP(=O)(O)OP(=O)(O)BO)O1. The van der Waals surface area contributed by atoms with Crippen LogP contribution < -0.4 is 0 Å². The van der Waals surface area contributed by atoms with E-state index in [1.165, 1.54) is 0 Å². The summed E-state index contributed by atoms with van der Waals surface area (Å²) in [7, 11) is -11.4. The second kappa shape index (κ2) is 9.73. The van der Waals surface area contributed by atoms with E-state index >= 15 is 0 Å². The van der Waals surface area contributed by atoms with Gasteiger partial charge in [-0.15, -0.1) is 0 Å². The molecule has 0 spiro atoms. The third-order valence-corrected chi connectivity index (χ3v) is 8.04. The van der Waals surface area contributed by atoms with Gasteiger partial charge in [-0.25, -0.2) is 13.2 Å². The number of carbonyl (C=O) groups is 1. The summed E-state index contributed by atoms with van der Waals surface area (Å²) in [4.78, 5) is 39.1. The largest absolute Gasteiger partial charge is 0.486 e. The molecule has 0 aromatic rings. The second-order valence-electron chi connectivity index (χ2n) is 5.06. The van der Waals surface area contributed by atoms with E-state index in [1.54, 1.807) is 7.85 Å². The Balaban J connectivity index is 2.66. The number of rotatable bonds is 10. The molecule has 1 aliphatic rings. The Hall–Kier alpha value is 0.385. The quantitative estimate of drug-likeness (QED) is 0.218. The van der Waals surface area contributed by atoms with Gasteiger partial charge in [0, 0.05) is 12.4 Å². The molecule has 26 heavy (non-hydrogen) atoms. The molecular weight excluding hydrogens is 440 g/mol. The molecule has 0 aromatic heterocycles. The van der Waals surface area contributed by atoms with Gasteiger partial charge in [0.1, 0.15) is 20.1 Å². The van der Waals surface area contributed by atoms with Crippen molar-refractivity contribution in [3.05, 3.63) is 0 Å². The number of halogens is 1. The summed E-state index contributed by atoms with van der Waals surface area (Å²) in [5.41, 5.74) is 0.